The maximum Gasteiger partial charge on any atom is 2.00 e. The first-order chi connectivity index (χ1) is 29.8. The van der Waals surface area contributed by atoms with Crippen LogP contribution < -0.4 is 54.4 Å². The van der Waals surface area contributed by atoms with E-state index >= 15 is 0 Å². The number of hydrogen-bond acceptors (Lipinski definition) is 14. The van der Waals surface area contributed by atoms with Gasteiger partial charge in [0.25, 0.3) is 0 Å². The number of unbranched alkanes of at least 4 members (excludes halogenated alkanes) is 2. The van der Waals surface area contributed by atoms with Crippen molar-refractivity contribution in [3.63, 3.8) is 0 Å². The summed E-state index contributed by atoms with van der Waals surface area (Å²) in [5.41, 5.74) is 25.7. The summed E-state index contributed by atoms with van der Waals surface area (Å²) >= 11 is 0. The predicted octanol–water partition coefficient (Wildman–Crippen LogP) is -3.26. The van der Waals surface area contributed by atoms with Crippen LogP contribution in [-0.4, -0.2) is 105 Å². The van der Waals surface area contributed by atoms with E-state index in [1.807, 2.05) is 60.7 Å². The van der Waals surface area contributed by atoms with Crippen LogP contribution in [0.2, 0.25) is 0 Å². The number of carboxylic acids is 2. The number of aliphatic carboxylic acids is 2. The number of nitrogens with two attached hydrogens (primary N) is 4. The summed E-state index contributed by atoms with van der Waals surface area (Å²) in [6.07, 6.45) is 9.66. The number of aromatic nitrogens is 4. The van der Waals surface area contributed by atoms with Crippen molar-refractivity contribution < 1.29 is 56.0 Å². The second-order valence-corrected chi connectivity index (χ2v) is 14.6. The molecular weight excluding hydrogens is 864 g/mol. The molecule has 2 aromatic heterocycles. The maximum absolute atomic E-state index is 12.9. The number of rotatable bonds is 26. The third kappa shape index (κ3) is 20.2. The van der Waals surface area contributed by atoms with Gasteiger partial charge in [-0.3, -0.25) is 19.2 Å². The van der Waals surface area contributed by atoms with Gasteiger partial charge in [-0.25, -0.2) is 9.97 Å². The first kappa shape index (κ1) is 53.2. The second-order valence-electron chi connectivity index (χ2n) is 14.6. The summed E-state index contributed by atoms with van der Waals surface area (Å²) in [5.74, 6) is -5.08. The number of hydrogen-bond donors (Lipinski definition) is 10. The zero-order valence-electron chi connectivity index (χ0n) is 34.8. The van der Waals surface area contributed by atoms with E-state index in [0.29, 0.717) is 50.2 Å². The van der Waals surface area contributed by atoms with Crippen LogP contribution in [0.4, 0.5) is 0 Å². The number of carbonyl (C=O) groups is 6. The molecule has 0 fully saturated rings. The van der Waals surface area contributed by atoms with E-state index in [0.717, 1.165) is 11.1 Å². The van der Waals surface area contributed by atoms with Gasteiger partial charge in [0.2, 0.25) is 23.6 Å². The summed E-state index contributed by atoms with van der Waals surface area (Å²) in [4.78, 5) is 87.5. The van der Waals surface area contributed by atoms with Crippen molar-refractivity contribution in [1.82, 2.24) is 41.2 Å². The molecule has 4 rings (SSSR count). The van der Waals surface area contributed by atoms with E-state index in [4.69, 9.17) is 22.9 Å². The van der Waals surface area contributed by atoms with Crippen molar-refractivity contribution in [2.45, 2.75) is 100 Å². The molecule has 0 aliphatic rings. The quantitative estimate of drug-likeness (QED) is 0.0219. The Morgan fingerprint density at radius 1 is 0.524 bits per heavy atom. The number of carboxylic acid groups (broad SMARTS) is 2. The summed E-state index contributed by atoms with van der Waals surface area (Å²) in [6, 6.07) is 12.0. The van der Waals surface area contributed by atoms with Crippen molar-refractivity contribution in [3.8, 4) is 0 Å². The van der Waals surface area contributed by atoms with Gasteiger partial charge in [0, 0.05) is 38.1 Å². The van der Waals surface area contributed by atoms with Crippen molar-refractivity contribution in [1.29, 1.82) is 0 Å². The first-order valence-corrected chi connectivity index (χ1v) is 20.4. The molecule has 20 nitrogen and oxygen atoms in total. The van der Waals surface area contributed by atoms with Gasteiger partial charge in [-0.1, -0.05) is 60.7 Å². The molecule has 0 aliphatic carbocycles. The van der Waals surface area contributed by atoms with E-state index < -0.39 is 71.8 Å². The fraction of sp³-hybridized carbons (Fsp3) is 0.429. The van der Waals surface area contributed by atoms with Crippen LogP contribution in [-0.2, 0) is 71.5 Å². The maximum atomic E-state index is 12.9. The van der Waals surface area contributed by atoms with E-state index in [-0.39, 0.29) is 55.6 Å². The predicted molar refractivity (Wildman–Crippen MR) is 224 cm³/mol. The van der Waals surface area contributed by atoms with Crippen molar-refractivity contribution in [2.75, 3.05) is 13.1 Å². The standard InChI is InChI=1S/2C21H30N6O4.Cu/c2*22-9-5-4-8-17(21(30)31)26-20(29)18(10-14-6-2-1-3-7-14)27-19(28)16(23)11-15-12-24-13-25-15;/h2*1-3,6-7,12-13,16-18H,4-5,8-11,22-23H2,(H,24,25)(H,26,29)(H,27,28)(H,30,31);/q;;+2/p-2/t2*16-,17-,18-;/m00./s1. The minimum atomic E-state index is -1.38. The van der Waals surface area contributed by atoms with Crippen molar-refractivity contribution in [2.24, 2.45) is 22.9 Å². The van der Waals surface area contributed by atoms with E-state index in [2.05, 4.69) is 41.2 Å². The monoisotopic (exact) mass is 921 g/mol. The molecule has 21 heteroatoms. The summed E-state index contributed by atoms with van der Waals surface area (Å²) in [5, 5.41) is 33.1. The molecule has 2 aromatic carbocycles. The van der Waals surface area contributed by atoms with Crippen LogP contribution in [0.5, 0.6) is 0 Å². The molecule has 345 valence electrons. The number of benzene rings is 2. The Bertz CT molecular complexity index is 1800. The molecule has 14 N–H and O–H groups in total. The van der Waals surface area contributed by atoms with Crippen LogP contribution in [0, 0.1) is 0 Å². The molecule has 0 bridgehead atoms. The number of imidazole rings is 2. The third-order valence-corrected chi connectivity index (χ3v) is 9.57. The summed E-state index contributed by atoms with van der Waals surface area (Å²) in [6.45, 7) is 0.850. The number of carbonyl (C=O) groups excluding carboxylic acids is 6. The van der Waals surface area contributed by atoms with Gasteiger partial charge >= 0.3 is 17.1 Å². The largest absolute Gasteiger partial charge is 2.00 e. The zero-order valence-corrected chi connectivity index (χ0v) is 35.7. The second kappa shape index (κ2) is 29.4. The van der Waals surface area contributed by atoms with Gasteiger partial charge in [-0.2, -0.15) is 0 Å². The number of amides is 4. The van der Waals surface area contributed by atoms with Gasteiger partial charge < -0.3 is 74.0 Å². The minimum Gasteiger partial charge on any atom is -0.548 e. The Morgan fingerprint density at radius 3 is 1.17 bits per heavy atom. The molecule has 6 atom stereocenters. The SMILES string of the molecule is NCCCC[C@H](NC(=O)[C@H](Cc1ccccc1)NC(=O)[C@@H](N)Cc1c[nH]cn1)C(=O)[O-].NCCCC[C@H](NC(=O)[C@H](Cc1ccccc1)NC(=O)[C@@H](N)Cc1c[nH]cn1)C(=O)[O-].[Cu+2]. The summed E-state index contributed by atoms with van der Waals surface area (Å²) in [7, 11) is 0. The molecule has 4 aromatic rings. The van der Waals surface area contributed by atoms with E-state index in [9.17, 15) is 39.0 Å². The molecule has 4 amide bonds. The minimum absolute atomic E-state index is 0. The van der Waals surface area contributed by atoms with E-state index in [1.54, 1.807) is 12.4 Å². The Kier molecular flexibility index (Phi) is 24.8. The average Bonchev–Trinajstić information content (AvgIpc) is 3.98. The zero-order chi connectivity index (χ0) is 45.3. The van der Waals surface area contributed by atoms with Gasteiger partial charge in [0.1, 0.15) is 12.1 Å². The normalized spacial score (nSPS) is 13.5. The Balaban J connectivity index is 0.000000427. The van der Waals surface area contributed by atoms with E-state index in [1.165, 1.54) is 12.7 Å². The molecule has 0 saturated heterocycles. The molecular formula is C42H58CuN12O8. The molecule has 0 saturated carbocycles. The number of nitrogens with zero attached hydrogens (tertiary/aromatic N) is 2. The first-order valence-electron chi connectivity index (χ1n) is 20.4. The Morgan fingerprint density at radius 2 is 0.873 bits per heavy atom. The average molecular weight is 923 g/mol. The Labute approximate surface area is 376 Å². The van der Waals surface area contributed by atoms with Crippen molar-refractivity contribution >= 4 is 35.6 Å². The Hall–Kier alpha value is -5.96. The fourth-order valence-electron chi connectivity index (χ4n) is 6.14. The van der Waals surface area contributed by atoms with Crippen LogP contribution in [0.25, 0.3) is 0 Å². The van der Waals surface area contributed by atoms with Gasteiger partial charge in [-0.15, -0.1) is 0 Å². The van der Waals surface area contributed by atoms with Crippen molar-refractivity contribution in [3.05, 3.63) is 108 Å². The molecule has 0 aliphatic heterocycles. The topological polar surface area (TPSA) is 358 Å². The van der Waals surface area contributed by atoms with Crippen LogP contribution in [0.1, 0.15) is 61.0 Å². The number of aromatic amines is 2. The number of H-pyrrole nitrogens is 2. The van der Waals surface area contributed by atoms with Crippen LogP contribution in [0.3, 0.4) is 0 Å². The molecule has 1 radical (unpaired) electrons. The smallest absolute Gasteiger partial charge is 0.548 e. The van der Waals surface area contributed by atoms with Gasteiger partial charge in [-0.05, 0) is 62.7 Å². The molecule has 2 heterocycles. The third-order valence-electron chi connectivity index (χ3n) is 9.57. The summed E-state index contributed by atoms with van der Waals surface area (Å²) < 4.78 is 0. The van der Waals surface area contributed by atoms with Crippen LogP contribution in [0.15, 0.2) is 85.7 Å². The fourth-order valence-corrected chi connectivity index (χ4v) is 6.14. The number of nitrogens with one attached hydrogen (secondary N) is 6. The molecule has 0 unspecified atom stereocenters. The molecule has 0 spiro atoms. The van der Waals surface area contributed by atoms with Gasteiger partial charge in [0.05, 0.1) is 60.1 Å². The van der Waals surface area contributed by atoms with Crippen LogP contribution >= 0.6 is 0 Å². The molecule has 63 heavy (non-hydrogen) atoms. The van der Waals surface area contributed by atoms with Gasteiger partial charge in [0.15, 0.2) is 0 Å².